The number of phenolic OH excluding ortho intramolecular Hbond substituents is 1. The third-order valence-corrected chi connectivity index (χ3v) is 3.73. The highest BCUT2D eigenvalue weighted by molar-refractivity contribution is 5.74. The van der Waals surface area contributed by atoms with E-state index in [0.717, 1.165) is 24.2 Å². The number of hydrogen-bond acceptors (Lipinski definition) is 6. The highest BCUT2D eigenvalue weighted by atomic mass is 16.6. The van der Waals surface area contributed by atoms with Gasteiger partial charge in [-0.25, -0.2) is 4.79 Å². The van der Waals surface area contributed by atoms with Crippen LogP contribution in [0.3, 0.4) is 0 Å². The molecule has 0 amide bonds. The Kier molecular flexibility index (Phi) is 6.07. The number of aliphatic hydroxyl groups excluding tert-OH is 1. The summed E-state index contributed by atoms with van der Waals surface area (Å²) in [5.74, 6) is 0.326. The van der Waals surface area contributed by atoms with Gasteiger partial charge >= 0.3 is 5.97 Å². The van der Waals surface area contributed by atoms with Crippen molar-refractivity contribution in [1.82, 2.24) is 5.32 Å². The van der Waals surface area contributed by atoms with Crippen LogP contribution in [0.15, 0.2) is 18.2 Å². The Labute approximate surface area is 142 Å². The van der Waals surface area contributed by atoms with Crippen molar-refractivity contribution in [1.29, 1.82) is 0 Å². The van der Waals surface area contributed by atoms with Gasteiger partial charge < -0.3 is 25.0 Å². The molecule has 2 atom stereocenters. The highest BCUT2D eigenvalue weighted by Crippen LogP contribution is 2.30. The Hall–Kier alpha value is -1.79. The normalized spacial score (nSPS) is 18.4. The number of fused-ring (bicyclic) bond motifs is 1. The number of nitrogens with one attached hydrogen (secondary N) is 1. The summed E-state index contributed by atoms with van der Waals surface area (Å²) in [6.45, 7) is 6.42. The first-order chi connectivity index (χ1) is 11.2. The van der Waals surface area contributed by atoms with E-state index in [2.05, 4.69) is 5.32 Å². The zero-order valence-corrected chi connectivity index (χ0v) is 14.5. The molecule has 1 heterocycles. The van der Waals surface area contributed by atoms with E-state index in [1.54, 1.807) is 32.9 Å². The molecular formula is C18H27NO5. The maximum atomic E-state index is 11.7. The van der Waals surface area contributed by atoms with Crippen LogP contribution in [0.1, 0.15) is 39.2 Å². The first-order valence-electron chi connectivity index (χ1n) is 8.35. The molecule has 0 saturated carbocycles. The summed E-state index contributed by atoms with van der Waals surface area (Å²) in [6, 6.07) is 5.18. The Bertz CT molecular complexity index is 567. The average molecular weight is 337 g/mol. The lowest BCUT2D eigenvalue weighted by Gasteiger charge is -2.26. The van der Waals surface area contributed by atoms with Gasteiger partial charge in [0, 0.05) is 12.6 Å². The van der Waals surface area contributed by atoms with Gasteiger partial charge in [0.2, 0.25) is 0 Å². The molecule has 0 spiro atoms. The van der Waals surface area contributed by atoms with E-state index < -0.39 is 17.7 Å². The molecule has 0 bridgehead atoms. The van der Waals surface area contributed by atoms with Gasteiger partial charge in [-0.1, -0.05) is 6.07 Å². The van der Waals surface area contributed by atoms with Crippen molar-refractivity contribution >= 4 is 5.97 Å². The van der Waals surface area contributed by atoms with Gasteiger partial charge in [0.15, 0.2) is 6.10 Å². The molecule has 6 heteroatoms. The minimum Gasteiger partial charge on any atom is -0.508 e. The summed E-state index contributed by atoms with van der Waals surface area (Å²) >= 11 is 0. The molecule has 1 aromatic rings. The minimum atomic E-state index is -1.12. The molecule has 3 N–H and O–H groups in total. The molecule has 2 rings (SSSR count). The number of phenols is 1. The largest absolute Gasteiger partial charge is 0.508 e. The van der Waals surface area contributed by atoms with Crippen molar-refractivity contribution in [2.75, 3.05) is 13.1 Å². The van der Waals surface area contributed by atoms with Crippen LogP contribution in [-0.4, -0.2) is 47.1 Å². The number of esters is 1. The minimum absolute atomic E-state index is 0.0120. The Morgan fingerprint density at radius 1 is 1.46 bits per heavy atom. The van der Waals surface area contributed by atoms with Gasteiger partial charge in [0.25, 0.3) is 0 Å². The number of aryl methyl sites for hydroxylation is 1. The van der Waals surface area contributed by atoms with Gasteiger partial charge in [-0.05, 0) is 58.2 Å². The van der Waals surface area contributed by atoms with E-state index in [1.807, 2.05) is 6.07 Å². The molecule has 1 aliphatic rings. The molecule has 134 valence electrons. The van der Waals surface area contributed by atoms with E-state index in [9.17, 15) is 15.0 Å². The van der Waals surface area contributed by atoms with Crippen LogP contribution >= 0.6 is 0 Å². The van der Waals surface area contributed by atoms with Gasteiger partial charge in [0.05, 0.1) is 0 Å². The Morgan fingerprint density at radius 2 is 2.21 bits per heavy atom. The fourth-order valence-electron chi connectivity index (χ4n) is 2.55. The second-order valence-corrected chi connectivity index (χ2v) is 7.11. The van der Waals surface area contributed by atoms with E-state index in [1.165, 1.54) is 0 Å². The smallest absolute Gasteiger partial charge is 0.335 e. The fourth-order valence-corrected chi connectivity index (χ4v) is 2.55. The second kappa shape index (κ2) is 7.85. The molecule has 0 fully saturated rings. The fraction of sp³-hybridized carbons (Fsp3) is 0.611. The number of aromatic hydroxyl groups is 1. The molecular weight excluding hydrogens is 310 g/mol. The number of benzene rings is 1. The SMILES string of the molecule is CC(C)(C)OC(=O)C(O)CCNCC1CCc2ccc(O)cc2O1. The Morgan fingerprint density at radius 3 is 2.92 bits per heavy atom. The standard InChI is InChI=1S/C18H27NO5/c1-18(2,3)24-17(22)15(21)8-9-19-11-14-7-5-12-4-6-13(20)10-16(12)23-14/h4,6,10,14-15,19-21H,5,7-9,11H2,1-3H3. The third kappa shape index (κ3) is 5.69. The summed E-state index contributed by atoms with van der Waals surface area (Å²) in [4.78, 5) is 11.7. The Balaban J connectivity index is 1.69. The van der Waals surface area contributed by atoms with E-state index in [0.29, 0.717) is 19.5 Å². The first kappa shape index (κ1) is 18.5. The van der Waals surface area contributed by atoms with Crippen LogP contribution in [0.2, 0.25) is 0 Å². The predicted molar refractivity (Wildman–Crippen MR) is 90.2 cm³/mol. The van der Waals surface area contributed by atoms with Crippen LogP contribution in [0.4, 0.5) is 0 Å². The van der Waals surface area contributed by atoms with Crippen LogP contribution in [0.5, 0.6) is 11.5 Å². The molecule has 1 aromatic carbocycles. The van der Waals surface area contributed by atoms with Crippen LogP contribution in [0.25, 0.3) is 0 Å². The van der Waals surface area contributed by atoms with E-state index >= 15 is 0 Å². The lowest BCUT2D eigenvalue weighted by Crippen LogP contribution is -2.37. The number of hydrogen-bond donors (Lipinski definition) is 3. The monoisotopic (exact) mass is 337 g/mol. The number of rotatable bonds is 6. The summed E-state index contributed by atoms with van der Waals surface area (Å²) in [5.41, 5.74) is 0.504. The zero-order chi connectivity index (χ0) is 17.7. The molecule has 0 radical (unpaired) electrons. The second-order valence-electron chi connectivity index (χ2n) is 7.11. The number of aliphatic hydroxyl groups is 1. The van der Waals surface area contributed by atoms with Crippen LogP contribution in [-0.2, 0) is 16.0 Å². The average Bonchev–Trinajstić information content (AvgIpc) is 2.49. The zero-order valence-electron chi connectivity index (χ0n) is 14.5. The van der Waals surface area contributed by atoms with Gasteiger partial charge in [-0.15, -0.1) is 0 Å². The predicted octanol–water partition coefficient (Wildman–Crippen LogP) is 1.77. The molecule has 0 aliphatic carbocycles. The number of carbonyl (C=O) groups is 1. The lowest BCUT2D eigenvalue weighted by molar-refractivity contribution is -0.165. The van der Waals surface area contributed by atoms with Crippen molar-refractivity contribution in [3.8, 4) is 11.5 Å². The van der Waals surface area contributed by atoms with Gasteiger partial charge in [-0.3, -0.25) is 0 Å². The quantitative estimate of drug-likeness (QED) is 0.542. The van der Waals surface area contributed by atoms with Crippen molar-refractivity contribution in [3.63, 3.8) is 0 Å². The molecule has 1 aliphatic heterocycles. The summed E-state index contributed by atoms with van der Waals surface area (Å²) in [7, 11) is 0. The van der Waals surface area contributed by atoms with Crippen molar-refractivity contribution in [2.45, 2.75) is 57.8 Å². The van der Waals surface area contributed by atoms with Crippen molar-refractivity contribution < 1.29 is 24.5 Å². The maximum absolute atomic E-state index is 11.7. The summed E-state index contributed by atoms with van der Waals surface area (Å²) in [6.07, 6.45) is 0.973. The van der Waals surface area contributed by atoms with Crippen molar-refractivity contribution in [2.24, 2.45) is 0 Å². The van der Waals surface area contributed by atoms with Gasteiger partial charge in [-0.2, -0.15) is 0 Å². The highest BCUT2D eigenvalue weighted by Gasteiger charge is 2.23. The molecule has 6 nitrogen and oxygen atoms in total. The molecule has 24 heavy (non-hydrogen) atoms. The maximum Gasteiger partial charge on any atom is 0.335 e. The molecule has 0 aromatic heterocycles. The first-order valence-corrected chi connectivity index (χ1v) is 8.35. The third-order valence-electron chi connectivity index (χ3n) is 3.73. The lowest BCUT2D eigenvalue weighted by atomic mass is 10.0. The number of carbonyl (C=O) groups excluding carboxylic acids is 1. The van der Waals surface area contributed by atoms with Crippen LogP contribution in [0, 0.1) is 0 Å². The van der Waals surface area contributed by atoms with E-state index in [4.69, 9.17) is 9.47 Å². The molecule has 2 unspecified atom stereocenters. The summed E-state index contributed by atoms with van der Waals surface area (Å²) < 4.78 is 11.0. The summed E-state index contributed by atoms with van der Waals surface area (Å²) in [5, 5.41) is 22.5. The molecule has 0 saturated heterocycles. The van der Waals surface area contributed by atoms with Crippen molar-refractivity contribution in [3.05, 3.63) is 23.8 Å². The topological polar surface area (TPSA) is 88.0 Å². The van der Waals surface area contributed by atoms with Gasteiger partial charge in [0.1, 0.15) is 23.2 Å². The number of ether oxygens (including phenoxy) is 2. The van der Waals surface area contributed by atoms with E-state index in [-0.39, 0.29) is 11.9 Å². The van der Waals surface area contributed by atoms with Crippen LogP contribution < -0.4 is 10.1 Å².